The average Bonchev–Trinajstić information content (AvgIpc) is 2.31. The van der Waals surface area contributed by atoms with Crippen molar-refractivity contribution in [3.05, 3.63) is 0 Å². The fourth-order valence-electron chi connectivity index (χ4n) is 1.27. The molecule has 0 bridgehead atoms. The predicted molar refractivity (Wildman–Crippen MR) is 70.7 cm³/mol. The van der Waals surface area contributed by atoms with Crippen LogP contribution in [0.5, 0.6) is 0 Å². The van der Waals surface area contributed by atoms with Gasteiger partial charge in [0.25, 0.3) is 0 Å². The van der Waals surface area contributed by atoms with E-state index in [0.29, 0.717) is 25.6 Å². The molecule has 0 spiro atoms. The molecule has 0 aliphatic heterocycles. The number of hydrogen-bond acceptors (Lipinski definition) is 3. The summed E-state index contributed by atoms with van der Waals surface area (Å²) in [6, 6.07) is 0. The first-order valence-corrected chi connectivity index (χ1v) is 6.52. The van der Waals surface area contributed by atoms with Crippen LogP contribution < -0.4 is 11.1 Å². The summed E-state index contributed by atoms with van der Waals surface area (Å²) in [6.07, 6.45) is 1.81. The Balaban J connectivity index is 3.64. The van der Waals surface area contributed by atoms with Gasteiger partial charge >= 0.3 is 0 Å². The molecule has 17 heavy (non-hydrogen) atoms. The topological polar surface area (TPSA) is 64.4 Å². The van der Waals surface area contributed by atoms with Crippen LogP contribution >= 0.6 is 0 Å². The van der Waals surface area contributed by atoms with Crippen LogP contribution in [0.1, 0.15) is 40.5 Å². The van der Waals surface area contributed by atoms with Gasteiger partial charge in [0.05, 0.1) is 12.0 Å². The number of carbonyl (C=O) groups is 1. The van der Waals surface area contributed by atoms with Gasteiger partial charge in [-0.2, -0.15) is 0 Å². The third-order valence-corrected chi connectivity index (χ3v) is 3.15. The minimum atomic E-state index is -0.446. The number of nitrogens with one attached hydrogen (secondary N) is 1. The third-order valence-electron chi connectivity index (χ3n) is 3.15. The van der Waals surface area contributed by atoms with Gasteiger partial charge in [-0.15, -0.1) is 0 Å². The molecule has 0 saturated heterocycles. The molecule has 4 nitrogen and oxygen atoms in total. The summed E-state index contributed by atoms with van der Waals surface area (Å²) in [7, 11) is 0. The van der Waals surface area contributed by atoms with Gasteiger partial charge in [0.15, 0.2) is 0 Å². The molecule has 0 aliphatic carbocycles. The average molecular weight is 244 g/mol. The van der Waals surface area contributed by atoms with Crippen molar-refractivity contribution in [3.63, 3.8) is 0 Å². The van der Waals surface area contributed by atoms with Crippen LogP contribution in [0.4, 0.5) is 0 Å². The molecule has 0 rings (SSSR count). The van der Waals surface area contributed by atoms with Crippen LogP contribution in [0.25, 0.3) is 0 Å². The van der Waals surface area contributed by atoms with E-state index in [-0.39, 0.29) is 5.91 Å². The van der Waals surface area contributed by atoms with E-state index in [1.165, 1.54) is 0 Å². The quantitative estimate of drug-likeness (QED) is 0.605. The predicted octanol–water partition coefficient (Wildman–Crippen LogP) is 1.54. The lowest BCUT2D eigenvalue weighted by molar-refractivity contribution is -0.130. The maximum absolute atomic E-state index is 11.8. The lowest BCUT2D eigenvalue weighted by atomic mass is 9.87. The Morgan fingerprint density at radius 1 is 1.41 bits per heavy atom. The maximum atomic E-state index is 11.8. The van der Waals surface area contributed by atoms with E-state index in [0.717, 1.165) is 19.4 Å². The fraction of sp³-hybridized carbons (Fsp3) is 0.923. The van der Waals surface area contributed by atoms with E-state index >= 15 is 0 Å². The van der Waals surface area contributed by atoms with Crippen molar-refractivity contribution in [3.8, 4) is 0 Å². The molecule has 0 aromatic rings. The molecule has 1 atom stereocenters. The normalized spacial score (nSPS) is 14.7. The lowest BCUT2D eigenvalue weighted by Crippen LogP contribution is -2.44. The van der Waals surface area contributed by atoms with Crippen molar-refractivity contribution in [1.82, 2.24) is 5.32 Å². The summed E-state index contributed by atoms with van der Waals surface area (Å²) in [4.78, 5) is 11.8. The van der Waals surface area contributed by atoms with Crippen molar-refractivity contribution in [2.75, 3.05) is 26.3 Å². The second-order valence-electron chi connectivity index (χ2n) is 5.17. The highest BCUT2D eigenvalue weighted by atomic mass is 16.5. The summed E-state index contributed by atoms with van der Waals surface area (Å²) in [6.45, 7) is 10.5. The van der Waals surface area contributed by atoms with Gasteiger partial charge < -0.3 is 15.8 Å². The van der Waals surface area contributed by atoms with Crippen molar-refractivity contribution < 1.29 is 9.53 Å². The molecule has 0 radical (unpaired) electrons. The molecule has 3 N–H and O–H groups in total. The molecule has 0 aromatic carbocycles. The second-order valence-corrected chi connectivity index (χ2v) is 5.17. The summed E-state index contributed by atoms with van der Waals surface area (Å²) in [5, 5.41) is 2.87. The second kappa shape index (κ2) is 8.48. The summed E-state index contributed by atoms with van der Waals surface area (Å²) in [5.41, 5.74) is 5.17. The van der Waals surface area contributed by atoms with Gasteiger partial charge in [0, 0.05) is 19.7 Å². The van der Waals surface area contributed by atoms with E-state index < -0.39 is 5.41 Å². The number of nitrogens with two attached hydrogens (primary N) is 1. The zero-order valence-electron chi connectivity index (χ0n) is 11.7. The number of rotatable bonds is 9. The van der Waals surface area contributed by atoms with E-state index in [4.69, 9.17) is 10.5 Å². The van der Waals surface area contributed by atoms with E-state index in [1.54, 1.807) is 0 Å². The Bertz CT molecular complexity index is 213. The lowest BCUT2D eigenvalue weighted by Gasteiger charge is -2.24. The highest BCUT2D eigenvalue weighted by Gasteiger charge is 2.28. The Morgan fingerprint density at radius 2 is 2.06 bits per heavy atom. The highest BCUT2D eigenvalue weighted by Crippen LogP contribution is 2.18. The van der Waals surface area contributed by atoms with Gasteiger partial charge in [0.1, 0.15) is 0 Å². The molecule has 1 unspecified atom stereocenters. The van der Waals surface area contributed by atoms with E-state index in [1.807, 2.05) is 13.8 Å². The first-order chi connectivity index (χ1) is 7.96. The summed E-state index contributed by atoms with van der Waals surface area (Å²) >= 11 is 0. The van der Waals surface area contributed by atoms with Crippen LogP contribution in [0.15, 0.2) is 0 Å². The zero-order valence-corrected chi connectivity index (χ0v) is 11.7. The minimum absolute atomic E-state index is 0.0231. The molecule has 0 fully saturated rings. The molecule has 0 aliphatic rings. The molecule has 0 aromatic heterocycles. The van der Waals surface area contributed by atoms with Crippen molar-refractivity contribution in [1.29, 1.82) is 0 Å². The zero-order chi connectivity index (χ0) is 13.3. The molecular weight excluding hydrogens is 216 g/mol. The number of hydrogen-bond donors (Lipinski definition) is 2. The molecule has 0 heterocycles. The first kappa shape index (κ1) is 16.4. The summed E-state index contributed by atoms with van der Waals surface area (Å²) < 4.78 is 5.43. The highest BCUT2D eigenvalue weighted by molar-refractivity contribution is 5.82. The Hall–Kier alpha value is -0.610. The minimum Gasteiger partial charge on any atom is -0.380 e. The van der Waals surface area contributed by atoms with Crippen molar-refractivity contribution in [2.45, 2.75) is 40.5 Å². The van der Waals surface area contributed by atoms with E-state index in [9.17, 15) is 4.79 Å². The van der Waals surface area contributed by atoms with Gasteiger partial charge in [-0.25, -0.2) is 0 Å². The molecule has 1 amide bonds. The molecule has 4 heteroatoms. The Kier molecular flexibility index (Phi) is 8.17. The number of ether oxygens (including phenoxy) is 1. The van der Waals surface area contributed by atoms with Crippen LogP contribution in [0.2, 0.25) is 0 Å². The molecular formula is C13H28N2O2. The first-order valence-electron chi connectivity index (χ1n) is 6.52. The van der Waals surface area contributed by atoms with Crippen LogP contribution in [0.3, 0.4) is 0 Å². The number of amides is 1. The van der Waals surface area contributed by atoms with Gasteiger partial charge in [0.2, 0.25) is 5.91 Å². The van der Waals surface area contributed by atoms with Crippen LogP contribution in [0, 0.1) is 11.3 Å². The molecule has 102 valence electrons. The number of carbonyl (C=O) groups excluding carboxylic acids is 1. The van der Waals surface area contributed by atoms with Crippen molar-refractivity contribution >= 4 is 5.91 Å². The standard InChI is InChI=1S/C13H28N2O2/c1-5-13(4,10-14)12(16)15-7-9-17-8-6-11(2)3/h11H,5-10,14H2,1-4H3,(H,15,16). The van der Waals surface area contributed by atoms with Crippen LogP contribution in [-0.2, 0) is 9.53 Å². The Labute approximate surface area is 105 Å². The van der Waals surface area contributed by atoms with E-state index in [2.05, 4.69) is 19.2 Å². The van der Waals surface area contributed by atoms with Crippen LogP contribution in [-0.4, -0.2) is 32.2 Å². The monoisotopic (exact) mass is 244 g/mol. The SMILES string of the molecule is CCC(C)(CN)C(=O)NCCOCCC(C)C. The smallest absolute Gasteiger partial charge is 0.227 e. The largest absolute Gasteiger partial charge is 0.380 e. The van der Waals surface area contributed by atoms with Gasteiger partial charge in [-0.1, -0.05) is 20.8 Å². The fourth-order valence-corrected chi connectivity index (χ4v) is 1.27. The Morgan fingerprint density at radius 3 is 2.53 bits per heavy atom. The molecule has 0 saturated carbocycles. The van der Waals surface area contributed by atoms with Crippen molar-refractivity contribution in [2.24, 2.45) is 17.1 Å². The van der Waals surface area contributed by atoms with Gasteiger partial charge in [-0.05, 0) is 25.7 Å². The third kappa shape index (κ3) is 6.64. The van der Waals surface area contributed by atoms with Gasteiger partial charge in [-0.3, -0.25) is 4.79 Å². The maximum Gasteiger partial charge on any atom is 0.227 e. The summed E-state index contributed by atoms with van der Waals surface area (Å²) in [5.74, 6) is 0.681.